The van der Waals surface area contributed by atoms with Gasteiger partial charge in [-0.3, -0.25) is 0 Å². The highest BCUT2D eigenvalue weighted by Gasteiger charge is 2.46. The maximum Gasteiger partial charge on any atom is 0.0593 e. The number of hydrogen-bond donors (Lipinski definition) is 1. The third-order valence-electron chi connectivity index (χ3n) is 4.28. The predicted molar refractivity (Wildman–Crippen MR) is 71.9 cm³/mol. The maximum absolute atomic E-state index is 6.71. The van der Waals surface area contributed by atoms with Crippen molar-refractivity contribution in [1.82, 2.24) is 0 Å². The van der Waals surface area contributed by atoms with Crippen molar-refractivity contribution < 1.29 is 4.74 Å². The van der Waals surface area contributed by atoms with Crippen LogP contribution in [0, 0.1) is 10.8 Å². The molecule has 2 heteroatoms. The summed E-state index contributed by atoms with van der Waals surface area (Å²) in [4.78, 5) is 0. The van der Waals surface area contributed by atoms with Gasteiger partial charge in [-0.1, -0.05) is 27.7 Å². The van der Waals surface area contributed by atoms with Gasteiger partial charge in [0.15, 0.2) is 0 Å². The molecule has 1 aliphatic heterocycles. The van der Waals surface area contributed by atoms with Crippen LogP contribution in [0.25, 0.3) is 0 Å². The smallest absolute Gasteiger partial charge is 0.0593 e. The lowest BCUT2D eigenvalue weighted by molar-refractivity contribution is 0.00987. The molecule has 0 radical (unpaired) electrons. The first kappa shape index (κ1) is 13.4. The minimum Gasteiger partial charge on any atom is -0.378 e. The van der Waals surface area contributed by atoms with Gasteiger partial charge in [-0.05, 0) is 49.4 Å². The number of hydrogen-bond acceptors (Lipinski definition) is 2. The molecular formula is C15H29NO. The van der Waals surface area contributed by atoms with Crippen LogP contribution in [-0.2, 0) is 4.74 Å². The molecule has 0 aromatic heterocycles. The van der Waals surface area contributed by atoms with E-state index in [4.69, 9.17) is 10.5 Å². The Hall–Kier alpha value is -0.0800. The summed E-state index contributed by atoms with van der Waals surface area (Å²) in [5, 5.41) is 0. The highest BCUT2D eigenvalue weighted by molar-refractivity contribution is 5.02. The molecule has 1 heterocycles. The average molecular weight is 239 g/mol. The van der Waals surface area contributed by atoms with Crippen molar-refractivity contribution in [2.75, 3.05) is 6.61 Å². The van der Waals surface area contributed by atoms with Crippen LogP contribution in [0.5, 0.6) is 0 Å². The second-order valence-electron chi connectivity index (χ2n) is 8.06. The Kier molecular flexibility index (Phi) is 3.33. The third-order valence-corrected chi connectivity index (χ3v) is 4.28. The van der Waals surface area contributed by atoms with Crippen molar-refractivity contribution in [3.8, 4) is 0 Å². The van der Waals surface area contributed by atoms with E-state index in [1.165, 1.54) is 19.3 Å². The molecule has 0 aromatic carbocycles. The second kappa shape index (κ2) is 4.24. The van der Waals surface area contributed by atoms with Crippen LogP contribution in [0.3, 0.4) is 0 Å². The summed E-state index contributed by atoms with van der Waals surface area (Å²) in [6.07, 6.45) is 7.47. The molecule has 0 spiro atoms. The van der Waals surface area contributed by atoms with E-state index in [-0.39, 0.29) is 5.54 Å². The minimum atomic E-state index is -0.0136. The van der Waals surface area contributed by atoms with Crippen LogP contribution < -0.4 is 5.73 Å². The quantitative estimate of drug-likeness (QED) is 0.800. The Labute approximate surface area is 106 Å². The molecule has 1 aliphatic carbocycles. The molecule has 1 saturated carbocycles. The van der Waals surface area contributed by atoms with E-state index in [2.05, 4.69) is 27.7 Å². The lowest BCUT2D eigenvalue weighted by Crippen LogP contribution is -2.53. The van der Waals surface area contributed by atoms with Crippen molar-refractivity contribution >= 4 is 0 Å². The van der Waals surface area contributed by atoms with Crippen molar-refractivity contribution in [1.29, 1.82) is 0 Å². The van der Waals surface area contributed by atoms with Gasteiger partial charge in [0.2, 0.25) is 0 Å². The van der Waals surface area contributed by atoms with Gasteiger partial charge >= 0.3 is 0 Å². The van der Waals surface area contributed by atoms with Crippen molar-refractivity contribution in [2.45, 2.75) is 77.9 Å². The molecule has 2 aliphatic rings. The van der Waals surface area contributed by atoms with E-state index in [0.717, 1.165) is 25.9 Å². The fourth-order valence-corrected chi connectivity index (χ4v) is 4.79. The minimum absolute atomic E-state index is 0.0136. The monoisotopic (exact) mass is 239 g/mol. The van der Waals surface area contributed by atoms with Gasteiger partial charge in [0, 0.05) is 12.1 Å². The summed E-state index contributed by atoms with van der Waals surface area (Å²) in [7, 11) is 0. The molecule has 1 atom stereocenters. The Morgan fingerprint density at radius 1 is 1.06 bits per heavy atom. The molecule has 0 amide bonds. The third kappa shape index (κ3) is 3.45. The van der Waals surface area contributed by atoms with Gasteiger partial charge in [0.05, 0.1) is 6.10 Å². The fraction of sp³-hybridized carbons (Fsp3) is 1.00. The van der Waals surface area contributed by atoms with E-state index in [1.54, 1.807) is 0 Å². The molecule has 2 rings (SSSR count). The van der Waals surface area contributed by atoms with E-state index in [9.17, 15) is 0 Å². The molecule has 2 N–H and O–H groups in total. The summed E-state index contributed by atoms with van der Waals surface area (Å²) in [5.74, 6) is 0. The Morgan fingerprint density at radius 2 is 1.65 bits per heavy atom. The van der Waals surface area contributed by atoms with Crippen molar-refractivity contribution in [3.05, 3.63) is 0 Å². The summed E-state index contributed by atoms with van der Waals surface area (Å²) < 4.78 is 5.78. The topological polar surface area (TPSA) is 35.2 Å². The highest BCUT2D eigenvalue weighted by atomic mass is 16.5. The predicted octanol–water partition coefficient (Wildman–Crippen LogP) is 3.49. The maximum atomic E-state index is 6.71. The number of rotatable bonds is 2. The first-order valence-corrected chi connectivity index (χ1v) is 7.10. The lowest BCUT2D eigenvalue weighted by Gasteiger charge is -2.51. The van der Waals surface area contributed by atoms with Gasteiger partial charge in [-0.25, -0.2) is 0 Å². The lowest BCUT2D eigenvalue weighted by atomic mass is 9.57. The first-order chi connectivity index (χ1) is 7.70. The largest absolute Gasteiger partial charge is 0.378 e. The summed E-state index contributed by atoms with van der Waals surface area (Å²) >= 11 is 0. The molecular weight excluding hydrogens is 210 g/mol. The van der Waals surface area contributed by atoms with Gasteiger partial charge in [-0.15, -0.1) is 0 Å². The number of nitrogens with two attached hydrogens (primary N) is 1. The van der Waals surface area contributed by atoms with Gasteiger partial charge in [-0.2, -0.15) is 0 Å². The van der Waals surface area contributed by atoms with Crippen LogP contribution in [0.15, 0.2) is 0 Å². The molecule has 1 unspecified atom stereocenters. The summed E-state index contributed by atoms with van der Waals surface area (Å²) in [6.45, 7) is 10.4. The van der Waals surface area contributed by atoms with Crippen molar-refractivity contribution in [3.63, 3.8) is 0 Å². The van der Waals surface area contributed by atoms with Crippen LogP contribution in [0.4, 0.5) is 0 Å². The molecule has 0 bridgehead atoms. The van der Waals surface area contributed by atoms with E-state index < -0.39 is 0 Å². The zero-order chi connectivity index (χ0) is 12.7. The standard InChI is InChI=1S/C15H29NO/c1-13(2)9-14(3,4)11-15(16,10-13)8-12-6-5-7-17-12/h12H,5-11,16H2,1-4H3. The zero-order valence-corrected chi connectivity index (χ0v) is 12.0. The van der Waals surface area contributed by atoms with Crippen molar-refractivity contribution in [2.24, 2.45) is 16.6 Å². The molecule has 17 heavy (non-hydrogen) atoms. The van der Waals surface area contributed by atoms with Gasteiger partial charge in [0.25, 0.3) is 0 Å². The van der Waals surface area contributed by atoms with Crippen LogP contribution in [-0.4, -0.2) is 18.2 Å². The number of ether oxygens (including phenoxy) is 1. The zero-order valence-electron chi connectivity index (χ0n) is 12.0. The van der Waals surface area contributed by atoms with E-state index >= 15 is 0 Å². The van der Waals surface area contributed by atoms with E-state index in [1.807, 2.05) is 0 Å². The average Bonchev–Trinajstić information content (AvgIpc) is 2.47. The summed E-state index contributed by atoms with van der Waals surface area (Å²) in [5.41, 5.74) is 7.44. The second-order valence-corrected chi connectivity index (χ2v) is 8.06. The SMILES string of the molecule is CC1(C)CC(C)(C)CC(N)(CC2CCCO2)C1. The molecule has 0 aromatic rings. The fourth-order valence-electron chi connectivity index (χ4n) is 4.79. The molecule has 2 nitrogen and oxygen atoms in total. The van der Waals surface area contributed by atoms with Crippen LogP contribution in [0.1, 0.15) is 66.2 Å². The Balaban J connectivity index is 2.06. The first-order valence-electron chi connectivity index (χ1n) is 7.10. The molecule has 1 saturated heterocycles. The van der Waals surface area contributed by atoms with E-state index in [0.29, 0.717) is 16.9 Å². The Morgan fingerprint density at radius 3 is 2.12 bits per heavy atom. The van der Waals surface area contributed by atoms with Crippen LogP contribution >= 0.6 is 0 Å². The highest BCUT2D eigenvalue weighted by Crippen LogP contribution is 2.50. The molecule has 2 fully saturated rings. The Bertz CT molecular complexity index is 261. The van der Waals surface area contributed by atoms with Gasteiger partial charge in [0.1, 0.15) is 0 Å². The molecule has 100 valence electrons. The van der Waals surface area contributed by atoms with Crippen LogP contribution in [0.2, 0.25) is 0 Å². The normalized spacial score (nSPS) is 34.8. The van der Waals surface area contributed by atoms with Gasteiger partial charge < -0.3 is 10.5 Å². The summed E-state index contributed by atoms with van der Waals surface area (Å²) in [6, 6.07) is 0.